The molecule has 3 rings (SSSR count). The van der Waals surface area contributed by atoms with Crippen LogP contribution in [0.2, 0.25) is 0 Å². The summed E-state index contributed by atoms with van der Waals surface area (Å²) < 4.78 is 0.912. The molecule has 4 N–H and O–H groups in total. The zero-order valence-corrected chi connectivity index (χ0v) is 9.75. The number of fused-ring (bicyclic) bond motifs is 1. The number of aromatic amines is 2. The third-order valence-corrected chi connectivity index (χ3v) is 3.25. The van der Waals surface area contributed by atoms with Crippen molar-refractivity contribution in [3.05, 3.63) is 29.1 Å². The molecule has 6 heteroatoms. The molecule has 0 aliphatic rings. The number of rotatable bonds is 1. The predicted molar refractivity (Wildman–Crippen MR) is 65.8 cm³/mol. The van der Waals surface area contributed by atoms with Gasteiger partial charge in [0.25, 0.3) is 0 Å². The molecule has 0 aliphatic carbocycles. The van der Waals surface area contributed by atoms with Crippen LogP contribution in [-0.2, 0) is 0 Å². The van der Waals surface area contributed by atoms with Gasteiger partial charge in [-0.25, -0.2) is 4.98 Å². The molecule has 0 fully saturated rings. The van der Waals surface area contributed by atoms with Gasteiger partial charge in [0.05, 0.1) is 21.7 Å². The fourth-order valence-electron chi connectivity index (χ4n) is 1.69. The van der Waals surface area contributed by atoms with Crippen LogP contribution in [0.3, 0.4) is 0 Å². The molecule has 16 heavy (non-hydrogen) atoms. The average molecular weight is 278 g/mol. The van der Waals surface area contributed by atoms with Gasteiger partial charge in [0, 0.05) is 23.6 Å². The van der Waals surface area contributed by atoms with Gasteiger partial charge < -0.3 is 10.7 Å². The third kappa shape index (κ3) is 1.23. The topological polar surface area (TPSA) is 83.4 Å². The van der Waals surface area contributed by atoms with E-state index < -0.39 is 0 Å². The lowest BCUT2D eigenvalue weighted by Crippen LogP contribution is -1.86. The molecule has 80 valence electrons. The number of anilines is 1. The standard InChI is InChI=1S/C10H8BrN5/c11-8-7-6(12)1-2-13-10(7)16-9(8)5-3-14-15-4-5/h1-4H,(H,14,15)(H3,12,13,16). The molecule has 0 spiro atoms. The van der Waals surface area contributed by atoms with Gasteiger partial charge in [0.15, 0.2) is 0 Å². The minimum absolute atomic E-state index is 0.697. The number of aromatic nitrogens is 4. The van der Waals surface area contributed by atoms with Gasteiger partial charge in [-0.05, 0) is 22.0 Å². The van der Waals surface area contributed by atoms with E-state index in [-0.39, 0.29) is 0 Å². The summed E-state index contributed by atoms with van der Waals surface area (Å²) in [6.45, 7) is 0. The largest absolute Gasteiger partial charge is 0.398 e. The number of nitrogen functional groups attached to an aromatic ring is 1. The molecule has 0 bridgehead atoms. The van der Waals surface area contributed by atoms with Crippen molar-refractivity contribution in [2.45, 2.75) is 0 Å². The molecule has 0 radical (unpaired) electrons. The molecule has 0 aromatic carbocycles. The second-order valence-corrected chi connectivity index (χ2v) is 4.22. The Balaban J connectivity index is 2.36. The monoisotopic (exact) mass is 277 g/mol. The van der Waals surface area contributed by atoms with E-state index >= 15 is 0 Å². The van der Waals surface area contributed by atoms with E-state index in [0.29, 0.717) is 5.69 Å². The van der Waals surface area contributed by atoms with Crippen molar-refractivity contribution in [2.75, 3.05) is 5.73 Å². The molecule has 3 aromatic rings. The fourth-order valence-corrected chi connectivity index (χ4v) is 2.43. The zero-order valence-electron chi connectivity index (χ0n) is 8.16. The first-order valence-electron chi connectivity index (χ1n) is 4.68. The quantitative estimate of drug-likeness (QED) is 0.638. The van der Waals surface area contributed by atoms with Gasteiger partial charge in [-0.3, -0.25) is 5.10 Å². The summed E-state index contributed by atoms with van der Waals surface area (Å²) in [5.41, 5.74) is 9.26. The Morgan fingerprint density at radius 2 is 2.25 bits per heavy atom. The van der Waals surface area contributed by atoms with Crippen molar-refractivity contribution in [3.63, 3.8) is 0 Å². The highest BCUT2D eigenvalue weighted by molar-refractivity contribution is 9.10. The number of pyridine rings is 1. The Kier molecular flexibility index (Phi) is 1.97. The number of nitrogens with zero attached hydrogens (tertiary/aromatic N) is 2. The van der Waals surface area contributed by atoms with Crippen molar-refractivity contribution >= 4 is 32.7 Å². The van der Waals surface area contributed by atoms with E-state index in [1.54, 1.807) is 18.5 Å². The molecule has 0 unspecified atom stereocenters. The van der Waals surface area contributed by atoms with Gasteiger partial charge in [0.1, 0.15) is 5.65 Å². The van der Waals surface area contributed by atoms with Crippen molar-refractivity contribution in [2.24, 2.45) is 0 Å². The van der Waals surface area contributed by atoms with Crippen molar-refractivity contribution < 1.29 is 0 Å². The lowest BCUT2D eigenvalue weighted by Gasteiger charge is -1.95. The van der Waals surface area contributed by atoms with E-state index in [9.17, 15) is 0 Å². The van der Waals surface area contributed by atoms with Crippen LogP contribution in [0.25, 0.3) is 22.3 Å². The zero-order chi connectivity index (χ0) is 11.1. The van der Waals surface area contributed by atoms with Crippen LogP contribution in [0.5, 0.6) is 0 Å². The summed E-state index contributed by atoms with van der Waals surface area (Å²) in [7, 11) is 0. The van der Waals surface area contributed by atoms with E-state index in [2.05, 4.69) is 36.1 Å². The predicted octanol–water partition coefficient (Wildman–Crippen LogP) is 2.30. The number of nitrogens with one attached hydrogen (secondary N) is 2. The van der Waals surface area contributed by atoms with Crippen molar-refractivity contribution in [3.8, 4) is 11.3 Å². The van der Waals surface area contributed by atoms with Crippen LogP contribution in [0, 0.1) is 0 Å². The van der Waals surface area contributed by atoms with E-state index in [1.807, 2.05) is 6.20 Å². The summed E-state index contributed by atoms with van der Waals surface area (Å²) in [5.74, 6) is 0. The van der Waals surface area contributed by atoms with Gasteiger partial charge in [0.2, 0.25) is 0 Å². The highest BCUT2D eigenvalue weighted by Gasteiger charge is 2.14. The molecule has 0 saturated carbocycles. The maximum absolute atomic E-state index is 5.91. The number of nitrogens with two attached hydrogens (primary N) is 1. The van der Waals surface area contributed by atoms with Crippen LogP contribution in [0.15, 0.2) is 29.1 Å². The summed E-state index contributed by atoms with van der Waals surface area (Å²) in [5, 5.41) is 7.59. The molecule has 0 saturated heterocycles. The Hall–Kier alpha value is -1.82. The lowest BCUT2D eigenvalue weighted by atomic mass is 10.2. The van der Waals surface area contributed by atoms with E-state index in [1.165, 1.54) is 0 Å². The summed E-state index contributed by atoms with van der Waals surface area (Å²) >= 11 is 3.53. The van der Waals surface area contributed by atoms with Crippen LogP contribution in [-0.4, -0.2) is 20.2 Å². The van der Waals surface area contributed by atoms with Crippen LogP contribution < -0.4 is 5.73 Å². The van der Waals surface area contributed by atoms with E-state index in [4.69, 9.17) is 5.73 Å². The molecular weight excluding hydrogens is 270 g/mol. The molecule has 5 nitrogen and oxygen atoms in total. The first-order valence-corrected chi connectivity index (χ1v) is 5.47. The summed E-state index contributed by atoms with van der Waals surface area (Å²) in [6, 6.07) is 1.78. The molecule has 3 aromatic heterocycles. The highest BCUT2D eigenvalue weighted by Crippen LogP contribution is 2.36. The molecule has 0 aliphatic heterocycles. The molecule has 0 atom stereocenters. The normalized spacial score (nSPS) is 11.1. The third-order valence-electron chi connectivity index (χ3n) is 2.45. The van der Waals surface area contributed by atoms with Gasteiger partial charge in [-0.1, -0.05) is 0 Å². The lowest BCUT2D eigenvalue weighted by molar-refractivity contribution is 1.09. The molecule has 0 amide bonds. The number of hydrogen-bond acceptors (Lipinski definition) is 3. The summed E-state index contributed by atoms with van der Waals surface area (Å²) in [6.07, 6.45) is 5.23. The van der Waals surface area contributed by atoms with E-state index in [0.717, 1.165) is 26.8 Å². The molecular formula is C10H8BrN5. The maximum atomic E-state index is 5.91. The van der Waals surface area contributed by atoms with Crippen LogP contribution in [0.1, 0.15) is 0 Å². The second kappa shape index (κ2) is 3.34. The van der Waals surface area contributed by atoms with Crippen molar-refractivity contribution in [1.82, 2.24) is 20.2 Å². The summed E-state index contributed by atoms with van der Waals surface area (Å²) in [4.78, 5) is 7.45. The Morgan fingerprint density at radius 1 is 1.38 bits per heavy atom. The average Bonchev–Trinajstić information content (AvgIpc) is 2.86. The van der Waals surface area contributed by atoms with Crippen LogP contribution in [0.4, 0.5) is 5.69 Å². The Bertz CT molecular complexity index is 641. The first kappa shape index (κ1) is 9.41. The second-order valence-electron chi connectivity index (χ2n) is 3.42. The highest BCUT2D eigenvalue weighted by atomic mass is 79.9. The number of hydrogen-bond donors (Lipinski definition) is 3. The smallest absolute Gasteiger partial charge is 0.140 e. The van der Waals surface area contributed by atoms with Gasteiger partial charge in [-0.2, -0.15) is 5.10 Å². The minimum atomic E-state index is 0.697. The number of H-pyrrole nitrogens is 2. The Morgan fingerprint density at radius 3 is 2.94 bits per heavy atom. The Labute approximate surface area is 99.2 Å². The minimum Gasteiger partial charge on any atom is -0.398 e. The van der Waals surface area contributed by atoms with Crippen molar-refractivity contribution in [1.29, 1.82) is 0 Å². The number of halogens is 1. The SMILES string of the molecule is Nc1ccnc2[nH]c(-c3cn[nH]c3)c(Br)c12. The van der Waals surface area contributed by atoms with Gasteiger partial charge >= 0.3 is 0 Å². The van der Waals surface area contributed by atoms with Crippen LogP contribution >= 0.6 is 15.9 Å². The molecule has 3 heterocycles. The maximum Gasteiger partial charge on any atom is 0.140 e. The van der Waals surface area contributed by atoms with Gasteiger partial charge in [-0.15, -0.1) is 0 Å². The fraction of sp³-hybridized carbons (Fsp3) is 0. The first-order chi connectivity index (χ1) is 7.77.